The van der Waals surface area contributed by atoms with E-state index < -0.39 is 0 Å². The number of hydrogen-bond acceptors (Lipinski definition) is 3. The summed E-state index contributed by atoms with van der Waals surface area (Å²) in [6.07, 6.45) is 4.04. The minimum absolute atomic E-state index is 0. The predicted octanol–water partition coefficient (Wildman–Crippen LogP) is 2.19. The molecule has 0 bridgehead atoms. The molecule has 3 N–H and O–H groups in total. The van der Waals surface area contributed by atoms with Crippen LogP contribution in [0.2, 0.25) is 0 Å². The van der Waals surface area contributed by atoms with Crippen LogP contribution < -0.4 is 15.4 Å². The Kier molecular flexibility index (Phi) is 8.31. The van der Waals surface area contributed by atoms with E-state index in [4.69, 9.17) is 4.74 Å². The summed E-state index contributed by atoms with van der Waals surface area (Å²) >= 11 is 0. The Morgan fingerprint density at radius 2 is 2.00 bits per heavy atom. The molecule has 0 aliphatic heterocycles. The van der Waals surface area contributed by atoms with Crippen LogP contribution in [-0.2, 0) is 13.1 Å². The van der Waals surface area contributed by atoms with Gasteiger partial charge in [0.05, 0.1) is 7.11 Å². The van der Waals surface area contributed by atoms with Crippen molar-refractivity contribution in [2.45, 2.75) is 13.1 Å². The molecule has 0 spiro atoms. The average molecular weight is 430 g/mol. The molecule has 126 valence electrons. The van der Waals surface area contributed by atoms with Gasteiger partial charge in [-0.3, -0.25) is 4.99 Å². The zero-order valence-corrected chi connectivity index (χ0v) is 15.7. The predicted molar refractivity (Wildman–Crippen MR) is 103 cm³/mol. The van der Waals surface area contributed by atoms with E-state index in [9.17, 15) is 5.11 Å². The van der Waals surface area contributed by atoms with Gasteiger partial charge < -0.3 is 25.0 Å². The first-order valence-corrected chi connectivity index (χ1v) is 7.14. The highest BCUT2D eigenvalue weighted by molar-refractivity contribution is 14.0. The normalized spacial score (nSPS) is 10.8. The number of phenols is 1. The highest BCUT2D eigenvalue weighted by Crippen LogP contribution is 2.22. The van der Waals surface area contributed by atoms with Gasteiger partial charge in [0.15, 0.2) is 5.96 Å². The summed E-state index contributed by atoms with van der Waals surface area (Å²) in [5.41, 5.74) is 0.757. The Hall–Kier alpha value is -1.90. The molecular weight excluding hydrogens is 407 g/mol. The fourth-order valence-corrected chi connectivity index (χ4v) is 2.05. The van der Waals surface area contributed by atoms with Gasteiger partial charge in [-0.25, -0.2) is 0 Å². The minimum Gasteiger partial charge on any atom is -0.508 e. The lowest BCUT2D eigenvalue weighted by Gasteiger charge is -2.13. The van der Waals surface area contributed by atoms with Crippen molar-refractivity contribution in [3.8, 4) is 11.5 Å². The topological polar surface area (TPSA) is 70.8 Å². The van der Waals surface area contributed by atoms with E-state index in [-0.39, 0.29) is 29.7 Å². The van der Waals surface area contributed by atoms with Gasteiger partial charge in [0.2, 0.25) is 0 Å². The Morgan fingerprint density at radius 3 is 2.65 bits per heavy atom. The molecule has 0 atom stereocenters. The number of ether oxygens (including phenoxy) is 1. The average Bonchev–Trinajstić information content (AvgIpc) is 3.05. The van der Waals surface area contributed by atoms with Crippen LogP contribution in [0.5, 0.6) is 11.5 Å². The third-order valence-corrected chi connectivity index (χ3v) is 3.29. The summed E-state index contributed by atoms with van der Waals surface area (Å²) in [6, 6.07) is 9.15. The second-order valence-corrected chi connectivity index (χ2v) is 4.77. The molecule has 2 aromatic rings. The van der Waals surface area contributed by atoms with E-state index in [1.54, 1.807) is 32.4 Å². The van der Waals surface area contributed by atoms with Crippen LogP contribution >= 0.6 is 24.0 Å². The van der Waals surface area contributed by atoms with Gasteiger partial charge >= 0.3 is 0 Å². The molecule has 0 saturated heterocycles. The fraction of sp³-hybridized carbons (Fsp3) is 0.312. The molecule has 0 aliphatic rings. The summed E-state index contributed by atoms with van der Waals surface area (Å²) in [4.78, 5) is 4.17. The van der Waals surface area contributed by atoms with E-state index in [2.05, 4.69) is 20.2 Å². The van der Waals surface area contributed by atoms with Gasteiger partial charge in [-0.1, -0.05) is 0 Å². The van der Waals surface area contributed by atoms with Crippen molar-refractivity contribution in [1.29, 1.82) is 0 Å². The van der Waals surface area contributed by atoms with Crippen LogP contribution in [0.3, 0.4) is 0 Å². The number of rotatable bonds is 6. The van der Waals surface area contributed by atoms with E-state index in [0.717, 1.165) is 18.7 Å². The molecular formula is C16H23IN4O2. The number of aromatic hydroxyl groups is 1. The summed E-state index contributed by atoms with van der Waals surface area (Å²) in [5, 5.41) is 16.3. The molecule has 0 unspecified atom stereocenters. The first-order valence-electron chi connectivity index (χ1n) is 7.14. The van der Waals surface area contributed by atoms with E-state index in [1.807, 2.05) is 24.5 Å². The number of halogens is 1. The van der Waals surface area contributed by atoms with E-state index in [1.165, 1.54) is 0 Å². The molecule has 23 heavy (non-hydrogen) atoms. The standard InChI is InChI=1S/C16H22N4O2.HI/c1-17-16(18-7-10-20-8-3-4-9-20)19-12-13-11-14(22-2)5-6-15(13)21;/h3-6,8-9,11,21H,7,10,12H2,1-2H3,(H2,17,18,19);1H. The lowest BCUT2D eigenvalue weighted by atomic mass is 10.2. The van der Waals surface area contributed by atoms with Crippen molar-refractivity contribution in [3.05, 3.63) is 48.3 Å². The molecule has 1 heterocycles. The molecule has 1 aromatic heterocycles. The second-order valence-electron chi connectivity index (χ2n) is 4.77. The Bertz CT molecular complexity index is 615. The quantitative estimate of drug-likeness (QED) is 0.374. The Labute approximate surface area is 153 Å². The van der Waals surface area contributed by atoms with Crippen LogP contribution in [-0.4, -0.2) is 36.3 Å². The third-order valence-electron chi connectivity index (χ3n) is 3.29. The molecule has 1 aromatic carbocycles. The second kappa shape index (κ2) is 9.98. The number of hydrogen-bond donors (Lipinski definition) is 3. The Balaban J connectivity index is 0.00000264. The highest BCUT2D eigenvalue weighted by atomic mass is 127. The summed E-state index contributed by atoms with van der Waals surface area (Å²) in [7, 11) is 3.32. The van der Waals surface area contributed by atoms with Crippen LogP contribution in [0.4, 0.5) is 0 Å². The monoisotopic (exact) mass is 430 g/mol. The maximum atomic E-state index is 9.86. The number of nitrogens with one attached hydrogen (secondary N) is 2. The molecule has 0 saturated carbocycles. The summed E-state index contributed by atoms with van der Waals surface area (Å²) in [5.74, 6) is 1.63. The molecule has 0 fully saturated rings. The number of guanidine groups is 1. The van der Waals surface area contributed by atoms with Crippen molar-refractivity contribution in [2.24, 2.45) is 4.99 Å². The number of phenolic OH excluding ortho intramolecular Hbond substituents is 1. The lowest BCUT2D eigenvalue weighted by Crippen LogP contribution is -2.38. The first-order chi connectivity index (χ1) is 10.7. The zero-order valence-electron chi connectivity index (χ0n) is 13.3. The fourth-order valence-electron chi connectivity index (χ4n) is 2.05. The number of aliphatic imine (C=N–C) groups is 1. The summed E-state index contributed by atoms with van der Waals surface area (Å²) in [6.45, 7) is 2.09. The summed E-state index contributed by atoms with van der Waals surface area (Å²) < 4.78 is 7.25. The maximum Gasteiger partial charge on any atom is 0.191 e. The van der Waals surface area contributed by atoms with Gasteiger partial charge in [0.25, 0.3) is 0 Å². The van der Waals surface area contributed by atoms with Crippen LogP contribution in [0.25, 0.3) is 0 Å². The van der Waals surface area contributed by atoms with Crippen molar-refractivity contribution in [2.75, 3.05) is 20.7 Å². The molecule has 0 aliphatic carbocycles. The molecule has 0 amide bonds. The molecule has 6 nitrogen and oxygen atoms in total. The Morgan fingerprint density at radius 1 is 1.26 bits per heavy atom. The molecule has 7 heteroatoms. The minimum atomic E-state index is 0. The first kappa shape index (κ1) is 19.1. The number of nitrogens with zero attached hydrogens (tertiary/aromatic N) is 2. The number of aromatic nitrogens is 1. The van der Waals surface area contributed by atoms with Crippen molar-refractivity contribution < 1.29 is 9.84 Å². The number of methoxy groups -OCH3 is 1. The highest BCUT2D eigenvalue weighted by Gasteiger charge is 2.04. The van der Waals surface area contributed by atoms with E-state index >= 15 is 0 Å². The van der Waals surface area contributed by atoms with Crippen LogP contribution in [0.15, 0.2) is 47.7 Å². The van der Waals surface area contributed by atoms with Crippen LogP contribution in [0, 0.1) is 0 Å². The number of benzene rings is 1. The van der Waals surface area contributed by atoms with Crippen molar-refractivity contribution >= 4 is 29.9 Å². The SMILES string of the molecule is CN=C(NCCn1cccc1)NCc1cc(OC)ccc1O.I. The van der Waals surface area contributed by atoms with Gasteiger partial charge in [-0.05, 0) is 30.3 Å². The van der Waals surface area contributed by atoms with Gasteiger partial charge in [0.1, 0.15) is 11.5 Å². The zero-order chi connectivity index (χ0) is 15.8. The smallest absolute Gasteiger partial charge is 0.191 e. The lowest BCUT2D eigenvalue weighted by molar-refractivity contribution is 0.410. The van der Waals surface area contributed by atoms with Gasteiger partial charge in [-0.2, -0.15) is 0 Å². The third kappa shape index (κ3) is 6.01. The molecule has 2 rings (SSSR count). The van der Waals surface area contributed by atoms with E-state index in [0.29, 0.717) is 18.3 Å². The van der Waals surface area contributed by atoms with Crippen molar-refractivity contribution in [3.63, 3.8) is 0 Å². The molecule has 0 radical (unpaired) electrons. The largest absolute Gasteiger partial charge is 0.508 e. The van der Waals surface area contributed by atoms with Crippen molar-refractivity contribution in [1.82, 2.24) is 15.2 Å². The van der Waals surface area contributed by atoms with Gasteiger partial charge in [-0.15, -0.1) is 24.0 Å². The maximum absolute atomic E-state index is 9.86. The van der Waals surface area contributed by atoms with Crippen LogP contribution in [0.1, 0.15) is 5.56 Å². The van der Waals surface area contributed by atoms with Gasteiger partial charge in [0, 0.05) is 44.6 Å².